The number of fused-ring (bicyclic) bond motifs is 5. The van der Waals surface area contributed by atoms with Gasteiger partial charge in [0.15, 0.2) is 0 Å². The Labute approximate surface area is 326 Å². The predicted molar refractivity (Wildman–Crippen MR) is 204 cm³/mol. The van der Waals surface area contributed by atoms with Crippen LogP contribution in [0, 0.1) is 6.07 Å². The van der Waals surface area contributed by atoms with Crippen molar-refractivity contribution in [2.75, 3.05) is 0 Å². The Hall–Kier alpha value is -3.48. The number of halogens is 2. The normalized spacial score (nSPS) is 11.5. The maximum absolute atomic E-state index is 3.53. The fourth-order valence-corrected chi connectivity index (χ4v) is 7.41. The van der Waals surface area contributed by atoms with E-state index in [1.807, 2.05) is 30.3 Å². The van der Waals surface area contributed by atoms with E-state index in [0.717, 1.165) is 6.42 Å². The maximum atomic E-state index is 3.53. The van der Waals surface area contributed by atoms with Gasteiger partial charge in [0.05, 0.1) is 0 Å². The van der Waals surface area contributed by atoms with Gasteiger partial charge in [-0.05, 0) is 17.4 Å². The summed E-state index contributed by atoms with van der Waals surface area (Å²) >= 11 is 1.44. The summed E-state index contributed by atoms with van der Waals surface area (Å²) in [6.07, 6.45) is 1.03. The molecular formula is C47H44Cl2Zr-2. The summed E-state index contributed by atoms with van der Waals surface area (Å²) in [4.78, 5) is 0. The number of hydrogen-bond donors (Lipinski definition) is 0. The van der Waals surface area contributed by atoms with Gasteiger partial charge in [-0.3, -0.25) is 0 Å². The van der Waals surface area contributed by atoms with Crippen LogP contribution < -0.4 is 24.8 Å². The predicted octanol–water partition coefficient (Wildman–Crippen LogP) is 6.18. The zero-order valence-corrected chi connectivity index (χ0v) is 33.8. The van der Waals surface area contributed by atoms with Crippen LogP contribution in [0.15, 0.2) is 146 Å². The molecule has 0 aliphatic heterocycles. The molecule has 0 bridgehead atoms. The van der Waals surface area contributed by atoms with Gasteiger partial charge < -0.3 is 24.8 Å². The molecule has 0 N–H and O–H groups in total. The summed E-state index contributed by atoms with van der Waals surface area (Å²) in [5.74, 6) is 0. The van der Waals surface area contributed by atoms with Gasteiger partial charge in [0, 0.05) is 0 Å². The van der Waals surface area contributed by atoms with E-state index in [9.17, 15) is 0 Å². The SMILES string of the molecule is CC(C)(C)c1c[c-]c2c(c1)-c1cc(C(C)(C)C)ccc1C2.[Cl-].[Cl-].[Zr+2]=[C](c1cccc2ccccc12)c1cccc2ccccc12.c1cc[cH-]c1. The first kappa shape index (κ1) is 39.3. The first-order chi connectivity index (χ1) is 23.0. The summed E-state index contributed by atoms with van der Waals surface area (Å²) in [6, 6.07) is 55.5. The van der Waals surface area contributed by atoms with Crippen molar-refractivity contribution in [1.29, 1.82) is 0 Å². The molecule has 8 rings (SSSR count). The van der Waals surface area contributed by atoms with Crippen LogP contribution in [0.1, 0.15) is 74.9 Å². The minimum atomic E-state index is 0. The van der Waals surface area contributed by atoms with Gasteiger partial charge >= 0.3 is 145 Å². The van der Waals surface area contributed by atoms with Crippen molar-refractivity contribution in [2.24, 2.45) is 0 Å². The average molecular weight is 771 g/mol. The Bertz CT molecular complexity index is 2020. The molecule has 0 nitrogen and oxygen atoms in total. The molecule has 0 atom stereocenters. The van der Waals surface area contributed by atoms with Gasteiger partial charge in [0.2, 0.25) is 0 Å². The van der Waals surface area contributed by atoms with E-state index in [4.69, 9.17) is 0 Å². The van der Waals surface area contributed by atoms with Crippen LogP contribution in [0.25, 0.3) is 32.7 Å². The molecule has 0 unspecified atom stereocenters. The number of benzene rings is 6. The van der Waals surface area contributed by atoms with Gasteiger partial charge in [0.1, 0.15) is 0 Å². The van der Waals surface area contributed by atoms with Crippen molar-refractivity contribution in [3.05, 3.63) is 185 Å². The van der Waals surface area contributed by atoms with E-state index < -0.39 is 0 Å². The summed E-state index contributed by atoms with van der Waals surface area (Å²) in [5, 5.41) is 5.29. The number of rotatable bonds is 2. The summed E-state index contributed by atoms with van der Waals surface area (Å²) < 4.78 is 1.42. The first-order valence-corrected chi connectivity index (χ1v) is 18.1. The summed E-state index contributed by atoms with van der Waals surface area (Å²) in [6.45, 7) is 13.6. The van der Waals surface area contributed by atoms with Crippen molar-refractivity contribution in [2.45, 2.75) is 58.8 Å². The van der Waals surface area contributed by atoms with Crippen molar-refractivity contribution >= 4 is 24.8 Å². The van der Waals surface area contributed by atoms with Crippen molar-refractivity contribution in [3.63, 3.8) is 0 Å². The molecule has 0 saturated heterocycles. The fourth-order valence-electron chi connectivity index (χ4n) is 6.34. The van der Waals surface area contributed by atoms with Gasteiger partial charge in [-0.1, -0.05) is 76.3 Å². The second-order valence-electron chi connectivity index (χ2n) is 14.7. The first-order valence-electron chi connectivity index (χ1n) is 16.9. The molecule has 0 saturated carbocycles. The molecule has 3 heteroatoms. The van der Waals surface area contributed by atoms with Gasteiger partial charge in [0.25, 0.3) is 0 Å². The Kier molecular flexibility index (Phi) is 13.1. The Morgan fingerprint density at radius 3 is 1.58 bits per heavy atom. The molecule has 0 spiro atoms. The average Bonchev–Trinajstić information content (AvgIpc) is 3.79. The molecule has 1 aliphatic rings. The second-order valence-corrected chi connectivity index (χ2v) is 15.9. The van der Waals surface area contributed by atoms with E-state index in [1.165, 1.54) is 93.5 Å². The van der Waals surface area contributed by atoms with E-state index in [-0.39, 0.29) is 35.6 Å². The third-order valence-corrected chi connectivity index (χ3v) is 10.5. The third kappa shape index (κ3) is 8.87. The van der Waals surface area contributed by atoms with Crippen molar-refractivity contribution in [1.82, 2.24) is 0 Å². The zero-order valence-electron chi connectivity index (χ0n) is 29.8. The Balaban J connectivity index is 0.000000190. The molecule has 7 aromatic rings. The molecule has 252 valence electrons. The molecule has 0 radical (unpaired) electrons. The molecule has 7 aromatic carbocycles. The second kappa shape index (κ2) is 16.7. The van der Waals surface area contributed by atoms with Crippen LogP contribution in [0.5, 0.6) is 0 Å². The largest absolute Gasteiger partial charge is 0.214 e. The Morgan fingerprint density at radius 1 is 0.580 bits per heavy atom. The minimum absolute atomic E-state index is 0. The smallest absolute Gasteiger partial charge is 0.172 e. The standard InChI is InChI=1S/C21H14.C21H25.C5H5.2ClH.Zr/c1-3-13-20-16(7-1)9-5-11-18(20)15-19-12-6-10-17-8-2-4-14-21(17)19;1-20(2,3)16-9-7-14-11-15-8-10-17(21(4,5)6)13-19(15)18(14)12-16;1-2-4-5-3-1;;;/h1-14H;7,9-10,12-13H,11H2,1-6H3;1-5H;2*1H;/q;2*-1;;;+2/p-2. The quantitative estimate of drug-likeness (QED) is 0.185. The van der Waals surface area contributed by atoms with E-state index in [2.05, 4.69) is 163 Å². The fraction of sp³-hybridized carbons (Fsp3) is 0.191. The summed E-state index contributed by atoms with van der Waals surface area (Å²) in [7, 11) is 0. The molecule has 0 aromatic heterocycles. The molecule has 0 fully saturated rings. The molecule has 0 amide bonds. The topological polar surface area (TPSA) is 0 Å². The summed E-state index contributed by atoms with van der Waals surface area (Å²) in [5.41, 5.74) is 11.5. The van der Waals surface area contributed by atoms with E-state index in [1.54, 1.807) is 0 Å². The van der Waals surface area contributed by atoms with Crippen LogP contribution in [-0.4, -0.2) is 3.21 Å². The van der Waals surface area contributed by atoms with Crippen molar-refractivity contribution < 1.29 is 49.0 Å². The van der Waals surface area contributed by atoms with E-state index >= 15 is 0 Å². The molecule has 1 aliphatic carbocycles. The molecule has 0 heterocycles. The van der Waals surface area contributed by atoms with Crippen LogP contribution >= 0.6 is 0 Å². The van der Waals surface area contributed by atoms with Crippen LogP contribution in [-0.2, 0) is 41.5 Å². The minimum Gasteiger partial charge on any atom is -0.214 e. The Morgan fingerprint density at radius 2 is 1.08 bits per heavy atom. The third-order valence-electron chi connectivity index (χ3n) is 9.20. The molecule has 50 heavy (non-hydrogen) atoms. The van der Waals surface area contributed by atoms with Crippen molar-refractivity contribution in [3.8, 4) is 11.1 Å². The van der Waals surface area contributed by atoms with E-state index in [0.29, 0.717) is 0 Å². The molecular weight excluding hydrogens is 727 g/mol. The van der Waals surface area contributed by atoms with Crippen LogP contribution in [0.3, 0.4) is 0 Å². The monoisotopic (exact) mass is 768 g/mol. The van der Waals surface area contributed by atoms with Gasteiger partial charge in [-0.15, -0.1) is 5.56 Å². The van der Waals surface area contributed by atoms with Crippen LogP contribution in [0.4, 0.5) is 0 Å². The van der Waals surface area contributed by atoms with Gasteiger partial charge in [-0.2, -0.15) is 47.5 Å². The van der Waals surface area contributed by atoms with Crippen LogP contribution in [0.2, 0.25) is 0 Å². The zero-order chi connectivity index (χ0) is 33.9. The number of hydrogen-bond acceptors (Lipinski definition) is 0. The van der Waals surface area contributed by atoms with Gasteiger partial charge in [-0.25, -0.2) is 12.1 Å². The maximum Gasteiger partial charge on any atom is -0.172 e.